The molecule has 0 atom stereocenters. The van der Waals surface area contributed by atoms with Gasteiger partial charge < -0.3 is 0 Å². The Labute approximate surface area is 211 Å². The molecular formula is C33H20N2S. The summed E-state index contributed by atoms with van der Waals surface area (Å²) in [6, 6.07) is 43.4. The summed E-state index contributed by atoms with van der Waals surface area (Å²) in [6.45, 7) is 0. The molecule has 168 valence electrons. The molecule has 0 fully saturated rings. The Balaban J connectivity index is 1.53. The van der Waals surface area contributed by atoms with Gasteiger partial charge in [0.1, 0.15) is 5.82 Å². The molecule has 0 bridgehead atoms. The van der Waals surface area contributed by atoms with Gasteiger partial charge in [-0.05, 0) is 47.5 Å². The minimum absolute atomic E-state index is 0.942. The molecule has 3 aromatic heterocycles. The highest BCUT2D eigenvalue weighted by Crippen LogP contribution is 2.41. The van der Waals surface area contributed by atoms with Crippen LogP contribution >= 0.6 is 11.3 Å². The fraction of sp³-hybridized carbons (Fsp3) is 0. The van der Waals surface area contributed by atoms with Gasteiger partial charge in [0.05, 0.1) is 16.6 Å². The van der Waals surface area contributed by atoms with Crippen molar-refractivity contribution in [1.29, 1.82) is 0 Å². The second kappa shape index (κ2) is 7.51. The molecule has 36 heavy (non-hydrogen) atoms. The molecule has 0 saturated heterocycles. The lowest BCUT2D eigenvalue weighted by Crippen LogP contribution is -1.99. The van der Waals surface area contributed by atoms with Gasteiger partial charge in [-0.2, -0.15) is 0 Å². The van der Waals surface area contributed by atoms with E-state index in [-0.39, 0.29) is 0 Å². The number of rotatable bonds is 2. The normalized spacial score (nSPS) is 11.9. The maximum atomic E-state index is 5.20. The minimum atomic E-state index is 0.942. The molecule has 0 saturated carbocycles. The zero-order valence-electron chi connectivity index (χ0n) is 19.3. The summed E-state index contributed by atoms with van der Waals surface area (Å²) in [5.41, 5.74) is 5.76. The highest BCUT2D eigenvalue weighted by molar-refractivity contribution is 7.25. The molecule has 2 nitrogen and oxygen atoms in total. The number of pyridine rings is 1. The van der Waals surface area contributed by atoms with Crippen LogP contribution in [-0.4, -0.2) is 9.55 Å². The van der Waals surface area contributed by atoms with Gasteiger partial charge in [-0.15, -0.1) is 11.3 Å². The van der Waals surface area contributed by atoms with Crippen LogP contribution in [-0.2, 0) is 0 Å². The lowest BCUT2D eigenvalue weighted by Gasteiger charge is -2.13. The summed E-state index contributed by atoms with van der Waals surface area (Å²) in [5.74, 6) is 0.942. The van der Waals surface area contributed by atoms with Gasteiger partial charge in [-0.1, -0.05) is 84.9 Å². The van der Waals surface area contributed by atoms with Crippen molar-refractivity contribution in [3.8, 4) is 16.9 Å². The number of thiophene rings is 1. The lowest BCUT2D eigenvalue weighted by atomic mass is 10.0. The zero-order valence-corrected chi connectivity index (χ0v) is 20.2. The van der Waals surface area contributed by atoms with Crippen LogP contribution in [0.5, 0.6) is 0 Å². The molecule has 0 aliphatic heterocycles. The fourth-order valence-electron chi connectivity index (χ4n) is 5.57. The van der Waals surface area contributed by atoms with Crippen LogP contribution in [0, 0.1) is 0 Å². The number of nitrogens with zero attached hydrogens (tertiary/aromatic N) is 2. The average molecular weight is 477 g/mol. The van der Waals surface area contributed by atoms with E-state index in [0.29, 0.717) is 0 Å². The van der Waals surface area contributed by atoms with Crippen molar-refractivity contribution in [2.24, 2.45) is 0 Å². The van der Waals surface area contributed by atoms with Crippen LogP contribution in [0.3, 0.4) is 0 Å². The minimum Gasteiger partial charge on any atom is -0.294 e. The van der Waals surface area contributed by atoms with Gasteiger partial charge in [0.25, 0.3) is 0 Å². The van der Waals surface area contributed by atoms with Crippen LogP contribution < -0.4 is 0 Å². The Morgan fingerprint density at radius 3 is 2.11 bits per heavy atom. The molecule has 0 aliphatic carbocycles. The van der Waals surface area contributed by atoms with Gasteiger partial charge in [0, 0.05) is 36.3 Å². The molecule has 8 aromatic rings. The van der Waals surface area contributed by atoms with Crippen molar-refractivity contribution >= 4 is 64.2 Å². The van der Waals surface area contributed by atoms with E-state index in [2.05, 4.69) is 126 Å². The van der Waals surface area contributed by atoms with Crippen molar-refractivity contribution in [1.82, 2.24) is 9.55 Å². The Morgan fingerprint density at radius 1 is 0.500 bits per heavy atom. The molecule has 5 aromatic carbocycles. The van der Waals surface area contributed by atoms with E-state index < -0.39 is 0 Å². The molecule has 8 rings (SSSR count). The zero-order chi connectivity index (χ0) is 23.6. The molecule has 0 N–H and O–H groups in total. The second-order valence-electron chi connectivity index (χ2n) is 9.23. The van der Waals surface area contributed by atoms with E-state index in [0.717, 1.165) is 11.3 Å². The van der Waals surface area contributed by atoms with Crippen molar-refractivity contribution < 1.29 is 0 Å². The van der Waals surface area contributed by atoms with Crippen molar-refractivity contribution in [3.63, 3.8) is 0 Å². The first-order valence-electron chi connectivity index (χ1n) is 12.2. The van der Waals surface area contributed by atoms with E-state index in [9.17, 15) is 0 Å². The third-order valence-electron chi connectivity index (χ3n) is 7.19. The predicted molar refractivity (Wildman–Crippen MR) is 154 cm³/mol. The van der Waals surface area contributed by atoms with Crippen molar-refractivity contribution in [3.05, 3.63) is 121 Å². The first kappa shape index (κ1) is 19.8. The van der Waals surface area contributed by atoms with Gasteiger partial charge >= 0.3 is 0 Å². The van der Waals surface area contributed by atoms with Crippen LogP contribution in [0.15, 0.2) is 121 Å². The van der Waals surface area contributed by atoms with Crippen LogP contribution in [0.25, 0.3) is 69.8 Å². The summed E-state index contributed by atoms with van der Waals surface area (Å²) in [6.07, 6.45) is 0. The highest BCUT2D eigenvalue weighted by Gasteiger charge is 2.17. The third-order valence-corrected chi connectivity index (χ3v) is 8.32. The maximum Gasteiger partial charge on any atom is 0.138 e. The van der Waals surface area contributed by atoms with Gasteiger partial charge in [-0.25, -0.2) is 4.98 Å². The number of hydrogen-bond donors (Lipinski definition) is 0. The highest BCUT2D eigenvalue weighted by atomic mass is 32.1. The number of hydrogen-bond acceptors (Lipinski definition) is 2. The topological polar surface area (TPSA) is 17.8 Å². The molecule has 0 unspecified atom stereocenters. The number of benzene rings is 5. The Hall–Kier alpha value is -4.47. The quantitative estimate of drug-likeness (QED) is 0.243. The summed E-state index contributed by atoms with van der Waals surface area (Å²) >= 11 is 1.87. The summed E-state index contributed by atoms with van der Waals surface area (Å²) in [5, 5.41) is 6.30. The van der Waals surface area contributed by atoms with Crippen LogP contribution in [0.4, 0.5) is 0 Å². The average Bonchev–Trinajstić information content (AvgIpc) is 3.46. The standard InChI is InChI=1S/C33H20N2S/c1-2-10-21(11-3-1)25-20-33(34-28-15-7-4-12-22(25)28)35-29-16-8-5-13-23(29)26-19-32-27(18-30(26)35)24-14-6-9-17-31(24)36-32/h1-20H. The van der Waals surface area contributed by atoms with Gasteiger partial charge in [-0.3, -0.25) is 4.57 Å². The Morgan fingerprint density at radius 2 is 1.22 bits per heavy atom. The van der Waals surface area contributed by atoms with Crippen LogP contribution in [0.1, 0.15) is 0 Å². The number of fused-ring (bicyclic) bond motifs is 7. The SMILES string of the molecule is c1ccc(-c2cc(-n3c4ccccc4c4cc5sc6ccccc6c5cc43)nc3ccccc23)cc1. The molecule has 0 spiro atoms. The molecule has 0 aliphatic rings. The lowest BCUT2D eigenvalue weighted by molar-refractivity contribution is 1.10. The molecule has 0 amide bonds. The molecule has 3 heteroatoms. The van der Waals surface area contributed by atoms with Crippen LogP contribution in [0.2, 0.25) is 0 Å². The van der Waals surface area contributed by atoms with E-state index in [1.807, 2.05) is 11.3 Å². The van der Waals surface area contributed by atoms with E-state index >= 15 is 0 Å². The number of para-hydroxylation sites is 2. The van der Waals surface area contributed by atoms with E-state index in [1.165, 1.54) is 58.5 Å². The largest absolute Gasteiger partial charge is 0.294 e. The van der Waals surface area contributed by atoms with Gasteiger partial charge in [0.15, 0.2) is 0 Å². The maximum absolute atomic E-state index is 5.20. The summed E-state index contributed by atoms with van der Waals surface area (Å²) < 4.78 is 4.99. The first-order chi connectivity index (χ1) is 17.8. The Bertz CT molecular complexity index is 2100. The molecular weight excluding hydrogens is 456 g/mol. The number of aromatic nitrogens is 2. The van der Waals surface area contributed by atoms with Gasteiger partial charge in [0.2, 0.25) is 0 Å². The fourth-order valence-corrected chi connectivity index (χ4v) is 6.69. The second-order valence-corrected chi connectivity index (χ2v) is 10.3. The Kier molecular flexibility index (Phi) is 4.13. The molecule has 0 radical (unpaired) electrons. The van der Waals surface area contributed by atoms with E-state index in [4.69, 9.17) is 4.98 Å². The first-order valence-corrected chi connectivity index (χ1v) is 13.0. The third kappa shape index (κ3) is 2.81. The summed E-state index contributed by atoms with van der Waals surface area (Å²) in [4.78, 5) is 5.20. The molecule has 3 heterocycles. The van der Waals surface area contributed by atoms with Crippen molar-refractivity contribution in [2.75, 3.05) is 0 Å². The summed E-state index contributed by atoms with van der Waals surface area (Å²) in [7, 11) is 0. The smallest absolute Gasteiger partial charge is 0.138 e. The monoisotopic (exact) mass is 476 g/mol. The predicted octanol–water partition coefficient (Wildman–Crippen LogP) is 9.37. The van der Waals surface area contributed by atoms with Crippen molar-refractivity contribution in [2.45, 2.75) is 0 Å². The van der Waals surface area contributed by atoms with E-state index in [1.54, 1.807) is 0 Å².